The van der Waals surface area contributed by atoms with Gasteiger partial charge in [-0.3, -0.25) is 24.0 Å². The number of amides is 4. The summed E-state index contributed by atoms with van der Waals surface area (Å²) < 4.78 is 58.7. The molecule has 2 aromatic rings. The number of benzene rings is 1. The minimum absolute atomic E-state index is 0.0562. The number of pyridine rings is 1. The van der Waals surface area contributed by atoms with Crippen molar-refractivity contribution in [1.82, 2.24) is 24.8 Å². The van der Waals surface area contributed by atoms with Crippen molar-refractivity contribution in [2.75, 3.05) is 27.0 Å². The number of nitrogens with one attached hydrogen (secondary N) is 2. The Kier molecular flexibility index (Phi) is 11.7. The lowest BCUT2D eigenvalue weighted by molar-refractivity contribution is -0.148. The Hall–Kier alpha value is -4.51. The van der Waals surface area contributed by atoms with E-state index in [0.29, 0.717) is 49.8 Å². The molecule has 1 aromatic carbocycles. The van der Waals surface area contributed by atoms with Crippen molar-refractivity contribution >= 4 is 44.6 Å². The summed E-state index contributed by atoms with van der Waals surface area (Å²) in [5, 5.41) is 15.0. The number of alkyl halides is 1. The summed E-state index contributed by atoms with van der Waals surface area (Å²) in [5.74, 6) is -2.51. The Morgan fingerprint density at radius 3 is 2.53 bits per heavy atom. The molecule has 3 aliphatic heterocycles. The lowest BCUT2D eigenvalue weighted by Crippen LogP contribution is -2.63. The molecule has 0 spiro atoms. The minimum Gasteiger partial charge on any atom is -0.494 e. The van der Waals surface area contributed by atoms with Crippen molar-refractivity contribution < 1.29 is 51.3 Å². The quantitative estimate of drug-likeness (QED) is 0.305. The molecule has 9 atom stereocenters. The number of allylic oxidation sites excluding steroid dienone is 1. The molecular formula is C41H54FN5O10S. The zero-order valence-electron chi connectivity index (χ0n) is 33.4. The molecule has 2 saturated heterocycles. The van der Waals surface area contributed by atoms with Crippen LogP contribution in [0.25, 0.3) is 10.8 Å². The first-order valence-corrected chi connectivity index (χ1v) is 21.8. The van der Waals surface area contributed by atoms with E-state index >= 15 is 4.79 Å². The molecule has 2 aliphatic carbocycles. The van der Waals surface area contributed by atoms with E-state index in [1.54, 1.807) is 13.0 Å². The van der Waals surface area contributed by atoms with E-state index in [9.17, 15) is 32.3 Å². The molecule has 4 fully saturated rings. The van der Waals surface area contributed by atoms with Gasteiger partial charge < -0.3 is 29.5 Å². The van der Waals surface area contributed by atoms with Gasteiger partial charge in [-0.1, -0.05) is 44.2 Å². The lowest BCUT2D eigenvalue weighted by Gasteiger charge is -2.43. The van der Waals surface area contributed by atoms with Crippen LogP contribution < -0.4 is 19.5 Å². The summed E-state index contributed by atoms with van der Waals surface area (Å²) in [6.07, 6.45) is 6.20. The van der Waals surface area contributed by atoms with Gasteiger partial charge in [-0.2, -0.15) is 0 Å². The molecule has 1 aromatic heterocycles. The monoisotopic (exact) mass is 827 g/mol. The first-order valence-electron chi connectivity index (χ1n) is 20.3. The van der Waals surface area contributed by atoms with Crippen LogP contribution in [0, 0.1) is 17.8 Å². The SMILES string of the molecule is COc1cnc(O[C@@H]2C[C@H]3C(=O)N[C@]4(C(=O)NS(=O)(=O)C5(CF)CC5)C[C@H]4/C=C\CC[C@@H](C)C[C@@H](C)[C@H](N(C(=O)O)C4CCCOC4)C(=O)N3C2C)c2ccccc12. The third kappa shape index (κ3) is 7.71. The second-order valence-electron chi connectivity index (χ2n) is 16.9. The van der Waals surface area contributed by atoms with Gasteiger partial charge in [0.25, 0.3) is 5.91 Å². The maximum absolute atomic E-state index is 15.4. The summed E-state index contributed by atoms with van der Waals surface area (Å²) in [5.41, 5.74) is -1.69. The first kappa shape index (κ1) is 41.6. The fourth-order valence-corrected chi connectivity index (χ4v) is 10.7. The highest BCUT2D eigenvalue weighted by atomic mass is 32.2. The van der Waals surface area contributed by atoms with E-state index in [0.717, 1.165) is 5.39 Å². The molecule has 4 amide bonds. The van der Waals surface area contributed by atoms with Crippen molar-refractivity contribution in [3.8, 4) is 11.6 Å². The molecule has 4 heterocycles. The predicted molar refractivity (Wildman–Crippen MR) is 210 cm³/mol. The molecule has 316 valence electrons. The molecule has 7 rings (SSSR count). The van der Waals surface area contributed by atoms with Crippen LogP contribution in [-0.4, -0.2) is 120 Å². The number of carboxylic acid groups (broad SMARTS) is 1. The van der Waals surface area contributed by atoms with Crippen LogP contribution in [-0.2, 0) is 29.1 Å². The lowest BCUT2D eigenvalue weighted by atomic mass is 9.86. The van der Waals surface area contributed by atoms with Crippen molar-refractivity contribution in [2.24, 2.45) is 17.8 Å². The molecule has 3 N–H and O–H groups in total. The second-order valence-corrected chi connectivity index (χ2v) is 19.0. The van der Waals surface area contributed by atoms with Gasteiger partial charge >= 0.3 is 6.09 Å². The zero-order chi connectivity index (χ0) is 41.6. The largest absolute Gasteiger partial charge is 0.494 e. The molecule has 2 unspecified atom stereocenters. The van der Waals surface area contributed by atoms with Gasteiger partial charge in [0.1, 0.15) is 40.9 Å². The average molecular weight is 828 g/mol. The van der Waals surface area contributed by atoms with Gasteiger partial charge in [0.15, 0.2) is 0 Å². The van der Waals surface area contributed by atoms with Crippen molar-refractivity contribution in [3.63, 3.8) is 0 Å². The Morgan fingerprint density at radius 1 is 1.14 bits per heavy atom. The van der Waals surface area contributed by atoms with Crippen molar-refractivity contribution in [1.29, 1.82) is 0 Å². The summed E-state index contributed by atoms with van der Waals surface area (Å²) in [4.78, 5) is 64.5. The number of halogens is 1. The Labute approximate surface area is 338 Å². The molecule has 0 radical (unpaired) electrons. The number of carbonyl (C=O) groups excluding carboxylic acids is 3. The van der Waals surface area contributed by atoms with Gasteiger partial charge in [0, 0.05) is 29.7 Å². The molecule has 5 aliphatic rings. The fourth-order valence-electron chi connectivity index (χ4n) is 9.25. The Balaban J connectivity index is 1.29. The van der Waals surface area contributed by atoms with E-state index in [2.05, 4.69) is 15.0 Å². The van der Waals surface area contributed by atoms with Gasteiger partial charge in [-0.15, -0.1) is 0 Å². The third-order valence-electron chi connectivity index (χ3n) is 13.0. The van der Waals surface area contributed by atoms with Crippen LogP contribution in [0.2, 0.25) is 0 Å². The van der Waals surface area contributed by atoms with E-state index in [1.165, 1.54) is 23.1 Å². The van der Waals surface area contributed by atoms with Crippen LogP contribution in [0.1, 0.15) is 78.6 Å². The van der Waals surface area contributed by atoms with Crippen LogP contribution >= 0.6 is 0 Å². The third-order valence-corrected chi connectivity index (χ3v) is 15.1. The maximum Gasteiger partial charge on any atom is 0.408 e. The number of hydrogen-bond donors (Lipinski definition) is 3. The number of hydrogen-bond acceptors (Lipinski definition) is 10. The number of fused-ring (bicyclic) bond motifs is 3. The first-order chi connectivity index (χ1) is 27.7. The van der Waals surface area contributed by atoms with Crippen LogP contribution in [0.15, 0.2) is 42.6 Å². The smallest absolute Gasteiger partial charge is 0.408 e. The van der Waals surface area contributed by atoms with Crippen LogP contribution in [0.5, 0.6) is 11.6 Å². The number of ether oxygens (including phenoxy) is 3. The molecule has 58 heavy (non-hydrogen) atoms. The minimum atomic E-state index is -4.41. The van der Waals surface area contributed by atoms with Crippen molar-refractivity contribution in [2.45, 2.75) is 119 Å². The van der Waals surface area contributed by atoms with Crippen molar-refractivity contribution in [3.05, 3.63) is 42.6 Å². The Bertz CT molecular complexity index is 2060. The zero-order valence-corrected chi connectivity index (χ0v) is 34.2. The number of methoxy groups -OCH3 is 1. The molecule has 15 nitrogen and oxygen atoms in total. The standard InChI is InChI=1S/C41H54FN5O10S/c1-24-10-5-6-11-27-20-41(27,38(50)45-58(53,54)40(23-42)15-16-40)44-35(48)31-19-32(57-36-30-14-8-7-13-29(30)33(55-4)21-43-36)26(3)46(31)37(49)34(25(2)18-24)47(39(51)52)28-12-9-17-56-22-28/h6-8,11,13-14,21,24-28,31-32,34H,5,9-10,12,15-20,22-23H2,1-4H3,(H,44,48)(H,45,50)(H,51,52)/b11-6-/t24-,25-,26?,27-,28?,31+,32-,34+,41-/m1/s1. The second kappa shape index (κ2) is 16.3. The van der Waals surface area contributed by atoms with Gasteiger partial charge in [-0.25, -0.2) is 22.6 Å². The Morgan fingerprint density at radius 2 is 1.88 bits per heavy atom. The van der Waals surface area contributed by atoms with Gasteiger partial charge in [-0.05, 0) is 76.2 Å². The topological polar surface area (TPSA) is 194 Å². The number of aromatic nitrogens is 1. The van der Waals surface area contributed by atoms with E-state index < -0.39 is 92.9 Å². The van der Waals surface area contributed by atoms with Gasteiger partial charge in [0.05, 0.1) is 32.0 Å². The normalized spacial score (nSPS) is 33.0. The number of sulfonamides is 1. The number of carbonyl (C=O) groups is 4. The summed E-state index contributed by atoms with van der Waals surface area (Å²) in [7, 11) is -2.88. The number of rotatable bonds is 9. The molecular weight excluding hydrogens is 774 g/mol. The fraction of sp³-hybridized carbons (Fsp3) is 0.634. The van der Waals surface area contributed by atoms with Crippen LogP contribution in [0.3, 0.4) is 0 Å². The van der Waals surface area contributed by atoms with Crippen LogP contribution in [0.4, 0.5) is 9.18 Å². The maximum atomic E-state index is 15.4. The highest BCUT2D eigenvalue weighted by molar-refractivity contribution is 7.91. The molecule has 2 saturated carbocycles. The summed E-state index contributed by atoms with van der Waals surface area (Å²) >= 11 is 0. The summed E-state index contributed by atoms with van der Waals surface area (Å²) in [6, 6.07) is 3.48. The van der Waals surface area contributed by atoms with E-state index in [4.69, 9.17) is 14.2 Å². The van der Waals surface area contributed by atoms with E-state index in [1.807, 2.05) is 44.2 Å². The van der Waals surface area contributed by atoms with Gasteiger partial charge in [0.2, 0.25) is 27.7 Å². The predicted octanol–water partition coefficient (Wildman–Crippen LogP) is 4.34. The molecule has 0 bridgehead atoms. The average Bonchev–Trinajstić information content (AvgIpc) is 4.12. The number of nitrogens with zero attached hydrogens (tertiary/aromatic N) is 3. The highest BCUT2D eigenvalue weighted by Gasteiger charge is 2.64. The highest BCUT2D eigenvalue weighted by Crippen LogP contribution is 2.48. The molecule has 17 heteroatoms. The van der Waals surface area contributed by atoms with E-state index in [-0.39, 0.29) is 44.1 Å². The summed E-state index contributed by atoms with van der Waals surface area (Å²) in [6.45, 7) is 5.10.